The molecule has 0 atom stereocenters. The number of hydrogen-bond donors (Lipinski definition) is 2. The smallest absolute Gasteiger partial charge is 0.271 e. The third-order valence-electron chi connectivity index (χ3n) is 4.55. The van der Waals surface area contributed by atoms with Crippen LogP contribution in [0.15, 0.2) is 82.8 Å². The number of benzene rings is 3. The molecule has 3 rings (SSSR count). The maximum Gasteiger partial charge on any atom is 0.271 e. The number of phenolic OH excluding ortho intramolecular Hbond substituents is 1. The summed E-state index contributed by atoms with van der Waals surface area (Å²) in [5, 5.41) is 24.6. The van der Waals surface area contributed by atoms with Gasteiger partial charge in [-0.05, 0) is 42.0 Å². The van der Waals surface area contributed by atoms with E-state index >= 15 is 0 Å². The number of non-ortho nitro benzene ring substituents is 1. The summed E-state index contributed by atoms with van der Waals surface area (Å²) in [6, 6.07) is 16.8. The van der Waals surface area contributed by atoms with E-state index in [4.69, 9.17) is 4.74 Å². The van der Waals surface area contributed by atoms with E-state index in [1.54, 1.807) is 6.07 Å². The van der Waals surface area contributed by atoms with Gasteiger partial charge in [0.25, 0.3) is 21.6 Å². The molecule has 11 nitrogen and oxygen atoms in total. The number of nitro groups is 1. The summed E-state index contributed by atoms with van der Waals surface area (Å²) in [6.45, 7) is -0.686. The van der Waals surface area contributed by atoms with Crippen molar-refractivity contribution in [3.05, 3.63) is 88.5 Å². The summed E-state index contributed by atoms with van der Waals surface area (Å²) in [6.07, 6.45) is 1.28. The third kappa shape index (κ3) is 5.66. The summed E-state index contributed by atoms with van der Waals surface area (Å²) in [5.41, 5.74) is 2.35. The quantitative estimate of drug-likeness (QED) is 0.269. The molecule has 2 N–H and O–H groups in total. The molecule has 1 amide bonds. The number of methoxy groups -OCH3 is 1. The molecule has 176 valence electrons. The van der Waals surface area contributed by atoms with Gasteiger partial charge in [-0.15, -0.1) is 0 Å². The maximum absolute atomic E-state index is 13.2. The number of sulfonamides is 1. The minimum absolute atomic E-state index is 0.0551. The topological polar surface area (TPSA) is 151 Å². The number of hydrazone groups is 1. The van der Waals surface area contributed by atoms with Gasteiger partial charge in [-0.25, -0.2) is 13.8 Å². The second kappa shape index (κ2) is 10.4. The molecule has 0 saturated heterocycles. The van der Waals surface area contributed by atoms with Crippen molar-refractivity contribution >= 4 is 33.5 Å². The summed E-state index contributed by atoms with van der Waals surface area (Å²) in [4.78, 5) is 23.0. The summed E-state index contributed by atoms with van der Waals surface area (Å²) in [7, 11) is -2.85. The number of phenols is 1. The van der Waals surface area contributed by atoms with Gasteiger partial charge in [0.1, 0.15) is 6.54 Å². The molecule has 3 aromatic rings. The van der Waals surface area contributed by atoms with E-state index < -0.39 is 27.4 Å². The number of aromatic hydroxyl groups is 1. The Labute approximate surface area is 195 Å². The molecule has 0 bridgehead atoms. The monoisotopic (exact) mass is 484 g/mol. The molecule has 3 aromatic carbocycles. The molecule has 12 heteroatoms. The Balaban J connectivity index is 1.86. The number of nitro benzene ring substituents is 1. The van der Waals surface area contributed by atoms with Crippen LogP contribution in [0.5, 0.6) is 11.5 Å². The highest BCUT2D eigenvalue weighted by atomic mass is 32.2. The predicted molar refractivity (Wildman–Crippen MR) is 124 cm³/mol. The van der Waals surface area contributed by atoms with Gasteiger partial charge < -0.3 is 9.84 Å². The molecule has 0 aliphatic heterocycles. The fourth-order valence-corrected chi connectivity index (χ4v) is 4.35. The van der Waals surface area contributed by atoms with Crippen LogP contribution in [0.4, 0.5) is 11.4 Å². The third-order valence-corrected chi connectivity index (χ3v) is 6.34. The molecule has 0 aliphatic carbocycles. The number of rotatable bonds is 9. The standard InChI is InChI=1S/C22H20N4O7S/c1-33-21-12-16(10-11-20(21)27)14-23-24-22(28)15-25(17-6-5-7-18(13-17)26(29)30)34(31,32)19-8-3-2-4-9-19/h2-14,27H,15H2,1H3,(H,24,28)/b23-14-. The van der Waals surface area contributed by atoms with E-state index in [9.17, 15) is 28.4 Å². The van der Waals surface area contributed by atoms with Crippen LogP contribution in [0.2, 0.25) is 0 Å². The van der Waals surface area contributed by atoms with Crippen LogP contribution >= 0.6 is 0 Å². The Morgan fingerprint density at radius 1 is 1.15 bits per heavy atom. The average molecular weight is 484 g/mol. The largest absolute Gasteiger partial charge is 0.504 e. The van der Waals surface area contributed by atoms with E-state index in [-0.39, 0.29) is 27.8 Å². The van der Waals surface area contributed by atoms with Crippen molar-refractivity contribution in [2.75, 3.05) is 18.0 Å². The lowest BCUT2D eigenvalue weighted by Crippen LogP contribution is -2.39. The first-order valence-electron chi connectivity index (χ1n) is 9.73. The number of anilines is 1. The van der Waals surface area contributed by atoms with Crippen LogP contribution < -0.4 is 14.5 Å². The van der Waals surface area contributed by atoms with Crippen LogP contribution in [0.25, 0.3) is 0 Å². The number of carbonyl (C=O) groups is 1. The number of nitrogens with one attached hydrogen (secondary N) is 1. The number of nitrogens with zero attached hydrogens (tertiary/aromatic N) is 3. The molecule has 34 heavy (non-hydrogen) atoms. The molecule has 0 spiro atoms. The molecule has 0 unspecified atom stereocenters. The fraction of sp³-hybridized carbons (Fsp3) is 0.0909. The number of ether oxygens (including phenoxy) is 1. The minimum atomic E-state index is -4.23. The van der Waals surface area contributed by atoms with Gasteiger partial charge in [-0.2, -0.15) is 5.10 Å². The van der Waals surface area contributed by atoms with E-state index in [0.717, 1.165) is 10.4 Å². The molecule has 0 aromatic heterocycles. The molecular formula is C22H20N4O7S. The normalized spacial score (nSPS) is 11.2. The van der Waals surface area contributed by atoms with Crippen molar-refractivity contribution < 1.29 is 28.0 Å². The van der Waals surface area contributed by atoms with Gasteiger partial charge in [-0.3, -0.25) is 19.2 Å². The summed E-state index contributed by atoms with van der Waals surface area (Å²) < 4.78 is 32.3. The summed E-state index contributed by atoms with van der Waals surface area (Å²) >= 11 is 0. The molecule has 0 radical (unpaired) electrons. The Morgan fingerprint density at radius 3 is 2.56 bits per heavy atom. The van der Waals surface area contributed by atoms with Crippen LogP contribution in [0.1, 0.15) is 5.56 Å². The molecule has 0 saturated carbocycles. The van der Waals surface area contributed by atoms with Crippen molar-refractivity contribution in [1.29, 1.82) is 0 Å². The zero-order valence-corrected chi connectivity index (χ0v) is 18.7. The molecule has 0 heterocycles. The second-order valence-electron chi connectivity index (χ2n) is 6.83. The Bertz CT molecular complexity index is 1330. The SMILES string of the molecule is COc1cc(/C=N\NC(=O)CN(c2cccc([N+](=O)[O-])c2)S(=O)(=O)c2ccccc2)ccc1O. The van der Waals surface area contributed by atoms with E-state index in [1.165, 1.54) is 74.0 Å². The zero-order valence-electron chi connectivity index (χ0n) is 17.9. The maximum atomic E-state index is 13.2. The van der Waals surface area contributed by atoms with E-state index in [1.807, 2.05) is 0 Å². The van der Waals surface area contributed by atoms with Crippen LogP contribution in [-0.4, -0.2) is 44.2 Å². The highest BCUT2D eigenvalue weighted by Gasteiger charge is 2.28. The fourth-order valence-electron chi connectivity index (χ4n) is 2.92. The Kier molecular flexibility index (Phi) is 7.43. The number of hydrogen-bond acceptors (Lipinski definition) is 8. The first-order chi connectivity index (χ1) is 16.2. The van der Waals surface area contributed by atoms with Crippen LogP contribution in [0, 0.1) is 10.1 Å². The van der Waals surface area contributed by atoms with Crippen molar-refractivity contribution in [3.63, 3.8) is 0 Å². The molecule has 0 fully saturated rings. The molecule has 0 aliphatic rings. The lowest BCUT2D eigenvalue weighted by atomic mass is 10.2. The second-order valence-corrected chi connectivity index (χ2v) is 8.69. The van der Waals surface area contributed by atoms with Crippen molar-refractivity contribution in [2.24, 2.45) is 5.10 Å². The van der Waals surface area contributed by atoms with Gasteiger partial charge in [0.05, 0.1) is 28.8 Å². The first-order valence-corrected chi connectivity index (χ1v) is 11.2. The van der Waals surface area contributed by atoms with E-state index in [2.05, 4.69) is 10.5 Å². The van der Waals surface area contributed by atoms with Gasteiger partial charge >= 0.3 is 0 Å². The molecular weight excluding hydrogens is 464 g/mol. The van der Waals surface area contributed by atoms with E-state index in [0.29, 0.717) is 5.56 Å². The van der Waals surface area contributed by atoms with Crippen molar-refractivity contribution in [3.8, 4) is 11.5 Å². The van der Waals surface area contributed by atoms with Gasteiger partial charge in [0.15, 0.2) is 11.5 Å². The Morgan fingerprint density at radius 2 is 1.88 bits per heavy atom. The lowest BCUT2D eigenvalue weighted by Gasteiger charge is -2.23. The predicted octanol–water partition coefficient (Wildman–Crippen LogP) is 2.65. The minimum Gasteiger partial charge on any atom is -0.504 e. The van der Waals surface area contributed by atoms with Gasteiger partial charge in [0.2, 0.25) is 0 Å². The first kappa shape index (κ1) is 24.2. The lowest BCUT2D eigenvalue weighted by molar-refractivity contribution is -0.384. The van der Waals surface area contributed by atoms with Crippen LogP contribution in [-0.2, 0) is 14.8 Å². The highest BCUT2D eigenvalue weighted by Crippen LogP contribution is 2.27. The van der Waals surface area contributed by atoms with Gasteiger partial charge in [-0.1, -0.05) is 24.3 Å². The average Bonchev–Trinajstić information content (AvgIpc) is 2.84. The highest BCUT2D eigenvalue weighted by molar-refractivity contribution is 7.92. The summed E-state index contributed by atoms with van der Waals surface area (Å²) in [5.74, 6) is -0.642. The van der Waals surface area contributed by atoms with Crippen molar-refractivity contribution in [2.45, 2.75) is 4.90 Å². The number of amides is 1. The van der Waals surface area contributed by atoms with Gasteiger partial charge in [0, 0.05) is 12.1 Å². The number of carbonyl (C=O) groups excluding carboxylic acids is 1. The Hall–Kier alpha value is -4.45. The van der Waals surface area contributed by atoms with Crippen molar-refractivity contribution in [1.82, 2.24) is 5.43 Å². The van der Waals surface area contributed by atoms with Crippen LogP contribution in [0.3, 0.4) is 0 Å². The zero-order chi connectivity index (χ0) is 24.7.